The summed E-state index contributed by atoms with van der Waals surface area (Å²) in [6.07, 6.45) is 2.95. The van der Waals surface area contributed by atoms with Crippen molar-refractivity contribution >= 4 is 29.0 Å². The van der Waals surface area contributed by atoms with E-state index in [0.29, 0.717) is 43.6 Å². The van der Waals surface area contributed by atoms with Gasteiger partial charge in [0.2, 0.25) is 0 Å². The van der Waals surface area contributed by atoms with Gasteiger partial charge in [0.15, 0.2) is 11.6 Å². The molecule has 0 amide bonds. The van der Waals surface area contributed by atoms with E-state index >= 15 is 0 Å². The van der Waals surface area contributed by atoms with E-state index in [1.165, 1.54) is 6.33 Å². The Balaban J connectivity index is 1.67. The lowest BCUT2D eigenvalue weighted by Gasteiger charge is -2.32. The number of piperidine rings is 1. The molecule has 2 aromatic rings. The van der Waals surface area contributed by atoms with Crippen LogP contribution in [0.15, 0.2) is 30.6 Å². The smallest absolute Gasteiger partial charge is 0.309 e. The van der Waals surface area contributed by atoms with E-state index in [1.807, 2.05) is 38.1 Å². The van der Waals surface area contributed by atoms with Crippen LogP contribution in [0.2, 0.25) is 0 Å². The zero-order valence-corrected chi connectivity index (χ0v) is 16.4. The Labute approximate surface area is 165 Å². The molecule has 0 aliphatic carbocycles. The number of hydrogen-bond acceptors (Lipinski definition) is 8. The normalized spacial score (nSPS) is 14.6. The van der Waals surface area contributed by atoms with Crippen LogP contribution >= 0.6 is 0 Å². The largest absolute Gasteiger partial charge is 0.494 e. The third kappa shape index (κ3) is 4.62. The molecular formula is C20H27N5O3. The van der Waals surface area contributed by atoms with Gasteiger partial charge in [0, 0.05) is 18.8 Å². The molecule has 0 radical (unpaired) electrons. The topological polar surface area (TPSA) is 103 Å². The molecule has 3 N–H and O–H groups in total. The molecule has 8 heteroatoms. The van der Waals surface area contributed by atoms with E-state index in [9.17, 15) is 4.79 Å². The van der Waals surface area contributed by atoms with Crippen LogP contribution in [-0.4, -0.2) is 42.2 Å². The van der Waals surface area contributed by atoms with Crippen LogP contribution in [0.4, 0.5) is 23.0 Å². The molecule has 0 bridgehead atoms. The van der Waals surface area contributed by atoms with Gasteiger partial charge in [-0.25, -0.2) is 9.97 Å². The second-order valence-electron chi connectivity index (χ2n) is 6.56. The molecule has 150 valence electrons. The Morgan fingerprint density at radius 3 is 2.54 bits per heavy atom. The molecule has 0 atom stereocenters. The van der Waals surface area contributed by atoms with E-state index in [1.54, 1.807) is 0 Å². The number of esters is 1. The van der Waals surface area contributed by atoms with Crippen LogP contribution in [0.5, 0.6) is 5.75 Å². The zero-order valence-electron chi connectivity index (χ0n) is 16.4. The maximum Gasteiger partial charge on any atom is 0.309 e. The Morgan fingerprint density at radius 2 is 1.89 bits per heavy atom. The number of carbonyl (C=O) groups is 1. The standard InChI is InChI=1S/C20H27N5O3/c1-3-27-16-7-5-15(6-8-16)24-18-17(21)19(23-13-22-18)25-11-9-14(10-12-25)20(26)28-4-2/h5-8,13-14H,3-4,9-12,21H2,1-2H3,(H,22,23,24). The fourth-order valence-electron chi connectivity index (χ4n) is 3.26. The number of carbonyl (C=O) groups excluding carboxylic acids is 1. The average Bonchev–Trinajstić information content (AvgIpc) is 2.71. The van der Waals surface area contributed by atoms with Gasteiger partial charge in [-0.3, -0.25) is 4.79 Å². The third-order valence-electron chi connectivity index (χ3n) is 4.71. The number of nitrogen functional groups attached to an aromatic ring is 1. The summed E-state index contributed by atoms with van der Waals surface area (Å²) in [4.78, 5) is 22.7. The lowest BCUT2D eigenvalue weighted by Crippen LogP contribution is -2.37. The van der Waals surface area contributed by atoms with Gasteiger partial charge in [-0.05, 0) is 51.0 Å². The summed E-state index contributed by atoms with van der Waals surface area (Å²) < 4.78 is 10.6. The molecule has 1 aliphatic heterocycles. The molecule has 1 aliphatic rings. The average molecular weight is 385 g/mol. The van der Waals surface area contributed by atoms with Gasteiger partial charge < -0.3 is 25.4 Å². The van der Waals surface area contributed by atoms with Crippen molar-refractivity contribution in [3.05, 3.63) is 30.6 Å². The number of nitrogens with two attached hydrogens (primary N) is 1. The minimum absolute atomic E-state index is 0.0549. The van der Waals surface area contributed by atoms with E-state index in [-0.39, 0.29) is 11.9 Å². The first-order chi connectivity index (χ1) is 13.6. The molecule has 1 aromatic carbocycles. The number of rotatable bonds is 7. The lowest BCUT2D eigenvalue weighted by atomic mass is 9.97. The quantitative estimate of drug-likeness (QED) is 0.701. The van der Waals surface area contributed by atoms with Crippen molar-refractivity contribution in [3.63, 3.8) is 0 Å². The van der Waals surface area contributed by atoms with Crippen molar-refractivity contribution in [2.24, 2.45) is 5.92 Å². The first-order valence-corrected chi connectivity index (χ1v) is 9.64. The molecule has 0 spiro atoms. The van der Waals surface area contributed by atoms with Gasteiger partial charge in [0.05, 0.1) is 19.1 Å². The maximum absolute atomic E-state index is 11.9. The molecule has 0 unspecified atom stereocenters. The summed E-state index contributed by atoms with van der Waals surface area (Å²) in [5, 5.41) is 3.23. The highest BCUT2D eigenvalue weighted by molar-refractivity contribution is 5.79. The summed E-state index contributed by atoms with van der Waals surface area (Å²) in [5.74, 6) is 1.89. The number of hydrogen-bond donors (Lipinski definition) is 2. The minimum atomic E-state index is -0.115. The van der Waals surface area contributed by atoms with Crippen LogP contribution in [0.25, 0.3) is 0 Å². The van der Waals surface area contributed by atoms with Crippen molar-refractivity contribution in [1.82, 2.24) is 9.97 Å². The number of nitrogens with one attached hydrogen (secondary N) is 1. The fraction of sp³-hybridized carbons (Fsp3) is 0.450. The van der Waals surface area contributed by atoms with Crippen LogP contribution < -0.4 is 20.7 Å². The summed E-state index contributed by atoms with van der Waals surface area (Å²) in [7, 11) is 0. The van der Waals surface area contributed by atoms with Gasteiger partial charge >= 0.3 is 5.97 Å². The van der Waals surface area contributed by atoms with Gasteiger partial charge in [0.25, 0.3) is 0 Å². The summed E-state index contributed by atoms with van der Waals surface area (Å²) >= 11 is 0. The first kappa shape index (κ1) is 19.7. The highest BCUT2D eigenvalue weighted by Crippen LogP contribution is 2.31. The number of aromatic nitrogens is 2. The number of ether oxygens (including phenoxy) is 2. The van der Waals surface area contributed by atoms with Crippen molar-refractivity contribution in [2.45, 2.75) is 26.7 Å². The fourth-order valence-corrected chi connectivity index (χ4v) is 3.26. The molecule has 0 saturated carbocycles. The Hall–Kier alpha value is -3.03. The van der Waals surface area contributed by atoms with E-state index in [0.717, 1.165) is 24.3 Å². The Morgan fingerprint density at radius 1 is 1.18 bits per heavy atom. The SMILES string of the molecule is CCOC(=O)C1CCN(c2ncnc(Nc3ccc(OCC)cc3)c2N)CC1. The van der Waals surface area contributed by atoms with Gasteiger partial charge in [0.1, 0.15) is 17.8 Å². The van der Waals surface area contributed by atoms with Gasteiger partial charge in [-0.2, -0.15) is 0 Å². The molecule has 28 heavy (non-hydrogen) atoms. The van der Waals surface area contributed by atoms with E-state index in [2.05, 4.69) is 20.2 Å². The molecular weight excluding hydrogens is 358 g/mol. The third-order valence-corrected chi connectivity index (χ3v) is 4.71. The number of benzene rings is 1. The molecule has 1 fully saturated rings. The highest BCUT2D eigenvalue weighted by Gasteiger charge is 2.27. The zero-order chi connectivity index (χ0) is 19.9. The first-order valence-electron chi connectivity index (χ1n) is 9.64. The molecule has 1 saturated heterocycles. The number of nitrogens with zero attached hydrogens (tertiary/aromatic N) is 3. The number of anilines is 4. The molecule has 3 rings (SSSR count). The minimum Gasteiger partial charge on any atom is -0.494 e. The molecule has 2 heterocycles. The predicted octanol–water partition coefficient (Wildman–Crippen LogP) is 2.98. The summed E-state index contributed by atoms with van der Waals surface area (Å²) in [6, 6.07) is 7.61. The second-order valence-corrected chi connectivity index (χ2v) is 6.56. The Bertz CT molecular complexity index is 789. The van der Waals surface area contributed by atoms with Crippen molar-refractivity contribution in [3.8, 4) is 5.75 Å². The van der Waals surface area contributed by atoms with Crippen molar-refractivity contribution in [1.29, 1.82) is 0 Å². The van der Waals surface area contributed by atoms with Crippen LogP contribution in [0.3, 0.4) is 0 Å². The van der Waals surface area contributed by atoms with Gasteiger partial charge in [-0.1, -0.05) is 0 Å². The van der Waals surface area contributed by atoms with Crippen LogP contribution in [-0.2, 0) is 9.53 Å². The predicted molar refractivity (Wildman–Crippen MR) is 109 cm³/mol. The molecule has 8 nitrogen and oxygen atoms in total. The monoisotopic (exact) mass is 385 g/mol. The van der Waals surface area contributed by atoms with E-state index < -0.39 is 0 Å². The summed E-state index contributed by atoms with van der Waals surface area (Å²) in [6.45, 7) is 6.22. The summed E-state index contributed by atoms with van der Waals surface area (Å²) in [5.41, 5.74) is 7.69. The van der Waals surface area contributed by atoms with Crippen LogP contribution in [0.1, 0.15) is 26.7 Å². The second kappa shape index (κ2) is 9.25. The highest BCUT2D eigenvalue weighted by atomic mass is 16.5. The maximum atomic E-state index is 11.9. The molecule has 1 aromatic heterocycles. The Kier molecular flexibility index (Phi) is 6.52. The lowest BCUT2D eigenvalue weighted by molar-refractivity contribution is -0.148. The van der Waals surface area contributed by atoms with Crippen molar-refractivity contribution in [2.75, 3.05) is 42.3 Å². The van der Waals surface area contributed by atoms with Crippen molar-refractivity contribution < 1.29 is 14.3 Å². The van der Waals surface area contributed by atoms with Gasteiger partial charge in [-0.15, -0.1) is 0 Å². The van der Waals surface area contributed by atoms with E-state index in [4.69, 9.17) is 15.2 Å². The van der Waals surface area contributed by atoms with Crippen LogP contribution in [0, 0.1) is 5.92 Å².